The molecule has 0 bridgehead atoms. The molecule has 3 heteroatoms. The maximum Gasteiger partial charge on any atom is 0.223 e. The second-order valence-corrected chi connectivity index (χ2v) is 3.83. The lowest BCUT2D eigenvalue weighted by atomic mass is 10.1. The first kappa shape index (κ1) is 14.9. The van der Waals surface area contributed by atoms with E-state index in [1.807, 2.05) is 0 Å². The van der Waals surface area contributed by atoms with Crippen molar-refractivity contribution >= 4 is 5.91 Å². The van der Waals surface area contributed by atoms with E-state index in [2.05, 4.69) is 13.2 Å². The Kier molecular flexibility index (Phi) is 9.72. The van der Waals surface area contributed by atoms with Crippen LogP contribution in [0.4, 0.5) is 0 Å². The molecule has 0 heterocycles. The van der Waals surface area contributed by atoms with Crippen LogP contribution in [0.1, 0.15) is 32.1 Å². The SMILES string of the molecule is C=CCN(CC=C)C(=O)CCCCCCN. The van der Waals surface area contributed by atoms with Crippen LogP contribution in [0.25, 0.3) is 0 Å². The van der Waals surface area contributed by atoms with Gasteiger partial charge >= 0.3 is 0 Å². The minimum atomic E-state index is 0.188. The third kappa shape index (κ3) is 7.23. The third-order valence-electron chi connectivity index (χ3n) is 2.40. The van der Waals surface area contributed by atoms with Crippen LogP contribution >= 0.6 is 0 Å². The number of carbonyl (C=O) groups excluding carboxylic acids is 1. The van der Waals surface area contributed by atoms with Crippen LogP contribution in [0, 0.1) is 0 Å². The standard InChI is InChI=1S/C13H24N2O/c1-3-11-15(12-4-2)13(16)9-7-5-6-8-10-14/h3-4H,1-2,5-12,14H2. The van der Waals surface area contributed by atoms with Gasteiger partial charge in [0.2, 0.25) is 5.91 Å². The van der Waals surface area contributed by atoms with Crippen molar-refractivity contribution in [2.45, 2.75) is 32.1 Å². The van der Waals surface area contributed by atoms with Crippen molar-refractivity contribution in [1.82, 2.24) is 4.90 Å². The van der Waals surface area contributed by atoms with Crippen molar-refractivity contribution in [3.8, 4) is 0 Å². The fraction of sp³-hybridized carbons (Fsp3) is 0.615. The van der Waals surface area contributed by atoms with E-state index in [9.17, 15) is 4.79 Å². The van der Waals surface area contributed by atoms with Gasteiger partial charge < -0.3 is 10.6 Å². The van der Waals surface area contributed by atoms with Gasteiger partial charge in [0.05, 0.1) is 0 Å². The molecule has 0 saturated heterocycles. The van der Waals surface area contributed by atoms with Crippen molar-refractivity contribution in [2.75, 3.05) is 19.6 Å². The molecule has 2 N–H and O–H groups in total. The molecule has 0 spiro atoms. The zero-order chi connectivity index (χ0) is 12.2. The highest BCUT2D eigenvalue weighted by Crippen LogP contribution is 2.05. The highest BCUT2D eigenvalue weighted by Gasteiger charge is 2.09. The molecule has 0 aromatic heterocycles. The van der Waals surface area contributed by atoms with E-state index in [1.54, 1.807) is 17.1 Å². The van der Waals surface area contributed by atoms with Crippen LogP contribution in [0.15, 0.2) is 25.3 Å². The lowest BCUT2D eigenvalue weighted by molar-refractivity contribution is -0.130. The van der Waals surface area contributed by atoms with Gasteiger partial charge in [-0.25, -0.2) is 0 Å². The average Bonchev–Trinajstić information content (AvgIpc) is 2.28. The van der Waals surface area contributed by atoms with Gasteiger partial charge in [-0.15, -0.1) is 13.2 Å². The zero-order valence-electron chi connectivity index (χ0n) is 10.2. The summed E-state index contributed by atoms with van der Waals surface area (Å²) in [5, 5.41) is 0. The molecular weight excluding hydrogens is 200 g/mol. The van der Waals surface area contributed by atoms with Crippen LogP contribution in [0.3, 0.4) is 0 Å². The van der Waals surface area contributed by atoms with Crippen molar-refractivity contribution < 1.29 is 4.79 Å². The normalized spacial score (nSPS) is 9.81. The molecule has 0 radical (unpaired) electrons. The molecular formula is C13H24N2O. The predicted molar refractivity (Wildman–Crippen MR) is 69.1 cm³/mol. The molecule has 0 saturated carbocycles. The van der Waals surface area contributed by atoms with Gasteiger partial charge in [-0.2, -0.15) is 0 Å². The van der Waals surface area contributed by atoms with Gasteiger partial charge in [-0.05, 0) is 19.4 Å². The monoisotopic (exact) mass is 224 g/mol. The minimum absolute atomic E-state index is 0.188. The first-order valence-electron chi connectivity index (χ1n) is 5.95. The molecule has 0 unspecified atom stereocenters. The fourth-order valence-electron chi connectivity index (χ4n) is 1.52. The number of hydrogen-bond donors (Lipinski definition) is 1. The van der Waals surface area contributed by atoms with Crippen LogP contribution in [-0.2, 0) is 4.79 Å². The number of nitrogens with two attached hydrogens (primary N) is 1. The molecule has 0 atom stereocenters. The highest BCUT2D eigenvalue weighted by atomic mass is 16.2. The van der Waals surface area contributed by atoms with Crippen LogP contribution in [0.5, 0.6) is 0 Å². The van der Waals surface area contributed by atoms with Gasteiger partial charge in [0.15, 0.2) is 0 Å². The quantitative estimate of drug-likeness (QED) is 0.456. The second kappa shape index (κ2) is 10.4. The zero-order valence-corrected chi connectivity index (χ0v) is 10.2. The van der Waals surface area contributed by atoms with Crippen LogP contribution in [0.2, 0.25) is 0 Å². The number of carbonyl (C=O) groups is 1. The second-order valence-electron chi connectivity index (χ2n) is 3.83. The van der Waals surface area contributed by atoms with E-state index in [4.69, 9.17) is 5.73 Å². The van der Waals surface area contributed by atoms with Gasteiger partial charge in [-0.3, -0.25) is 4.79 Å². The Hall–Kier alpha value is -1.09. The number of unbranched alkanes of at least 4 members (excludes halogenated alkanes) is 3. The first-order valence-corrected chi connectivity index (χ1v) is 5.95. The van der Waals surface area contributed by atoms with Crippen molar-refractivity contribution in [3.05, 3.63) is 25.3 Å². The Balaban J connectivity index is 3.73. The Morgan fingerprint density at radius 1 is 1.06 bits per heavy atom. The maximum atomic E-state index is 11.8. The summed E-state index contributed by atoms with van der Waals surface area (Å²) in [7, 11) is 0. The largest absolute Gasteiger partial charge is 0.335 e. The molecule has 0 aliphatic carbocycles. The van der Waals surface area contributed by atoms with E-state index in [1.165, 1.54) is 0 Å². The molecule has 0 aliphatic heterocycles. The first-order chi connectivity index (χ1) is 7.76. The number of amides is 1. The Morgan fingerprint density at radius 3 is 2.12 bits per heavy atom. The van der Waals surface area contributed by atoms with Crippen molar-refractivity contribution in [2.24, 2.45) is 5.73 Å². The molecule has 92 valence electrons. The Bertz CT molecular complexity index is 204. The maximum absolute atomic E-state index is 11.8. The molecule has 1 amide bonds. The van der Waals surface area contributed by atoms with E-state index in [0.29, 0.717) is 19.5 Å². The lowest BCUT2D eigenvalue weighted by Gasteiger charge is -2.19. The summed E-state index contributed by atoms with van der Waals surface area (Å²) in [5.74, 6) is 0.188. The molecule has 0 aromatic carbocycles. The summed E-state index contributed by atoms with van der Waals surface area (Å²) < 4.78 is 0. The summed E-state index contributed by atoms with van der Waals surface area (Å²) >= 11 is 0. The summed E-state index contributed by atoms with van der Waals surface area (Å²) in [6.45, 7) is 9.24. The molecule has 0 rings (SSSR count). The molecule has 0 aromatic rings. The van der Waals surface area contributed by atoms with Crippen molar-refractivity contribution in [1.29, 1.82) is 0 Å². The highest BCUT2D eigenvalue weighted by molar-refractivity contribution is 5.76. The summed E-state index contributed by atoms with van der Waals surface area (Å²) in [5.41, 5.74) is 5.40. The summed E-state index contributed by atoms with van der Waals surface area (Å²) in [4.78, 5) is 13.5. The fourth-order valence-corrected chi connectivity index (χ4v) is 1.52. The van der Waals surface area contributed by atoms with Gasteiger partial charge in [0, 0.05) is 19.5 Å². The molecule has 3 nitrogen and oxygen atoms in total. The Labute approximate surface area is 99.0 Å². The van der Waals surface area contributed by atoms with Crippen molar-refractivity contribution in [3.63, 3.8) is 0 Å². The lowest BCUT2D eigenvalue weighted by Crippen LogP contribution is -2.31. The Morgan fingerprint density at radius 2 is 1.62 bits per heavy atom. The van der Waals surface area contributed by atoms with Gasteiger partial charge in [0.25, 0.3) is 0 Å². The van der Waals surface area contributed by atoms with E-state index < -0.39 is 0 Å². The van der Waals surface area contributed by atoms with Crippen LogP contribution in [-0.4, -0.2) is 30.4 Å². The number of nitrogens with zero attached hydrogens (tertiary/aromatic N) is 1. The van der Waals surface area contributed by atoms with Crippen LogP contribution < -0.4 is 5.73 Å². The summed E-state index contributed by atoms with van der Waals surface area (Å²) in [6, 6.07) is 0. The topological polar surface area (TPSA) is 46.3 Å². The van der Waals surface area contributed by atoms with E-state index in [0.717, 1.165) is 32.2 Å². The van der Waals surface area contributed by atoms with Gasteiger partial charge in [0.1, 0.15) is 0 Å². The number of rotatable bonds is 10. The predicted octanol–water partition coefficient (Wildman–Crippen LogP) is 2.10. The molecule has 0 aliphatic rings. The van der Waals surface area contributed by atoms with Gasteiger partial charge in [-0.1, -0.05) is 25.0 Å². The third-order valence-corrected chi connectivity index (χ3v) is 2.40. The smallest absolute Gasteiger partial charge is 0.223 e. The minimum Gasteiger partial charge on any atom is -0.335 e. The number of hydrogen-bond acceptors (Lipinski definition) is 2. The summed E-state index contributed by atoms with van der Waals surface area (Å²) in [6.07, 6.45) is 8.31. The van der Waals surface area contributed by atoms with E-state index >= 15 is 0 Å². The molecule has 0 fully saturated rings. The molecule has 16 heavy (non-hydrogen) atoms. The van der Waals surface area contributed by atoms with E-state index in [-0.39, 0.29) is 5.91 Å². The average molecular weight is 224 g/mol.